The molecule has 2 heterocycles. The van der Waals surface area contributed by atoms with Crippen LogP contribution in [-0.2, 0) is 0 Å². The van der Waals surface area contributed by atoms with Crippen molar-refractivity contribution >= 4 is 11.3 Å². The van der Waals surface area contributed by atoms with Crippen LogP contribution in [0.25, 0.3) is 22.5 Å². The molecule has 82 valence electrons. The van der Waals surface area contributed by atoms with E-state index in [0.717, 1.165) is 17.0 Å². The number of thiazole rings is 1. The van der Waals surface area contributed by atoms with Crippen molar-refractivity contribution in [2.45, 2.75) is 0 Å². The molecule has 0 saturated carbocycles. The number of nitrogens with zero attached hydrogens (tertiary/aromatic N) is 2. The van der Waals surface area contributed by atoms with Crippen LogP contribution in [0.15, 0.2) is 59.6 Å². The highest BCUT2D eigenvalue weighted by Gasteiger charge is 2.09. The summed E-state index contributed by atoms with van der Waals surface area (Å²) in [6, 6.07) is 14.3. The summed E-state index contributed by atoms with van der Waals surface area (Å²) in [6.45, 7) is 0. The van der Waals surface area contributed by atoms with Gasteiger partial charge in [-0.3, -0.25) is 4.98 Å². The molecule has 0 bridgehead atoms. The van der Waals surface area contributed by atoms with Gasteiger partial charge in [0.05, 0.1) is 11.2 Å². The predicted octanol–water partition coefficient (Wildman–Crippen LogP) is 3.87. The van der Waals surface area contributed by atoms with E-state index in [1.807, 2.05) is 35.2 Å². The van der Waals surface area contributed by atoms with Crippen molar-refractivity contribution in [2.24, 2.45) is 0 Å². The Balaban J connectivity index is 2.18. The van der Waals surface area contributed by atoms with Gasteiger partial charge in [-0.15, -0.1) is 11.3 Å². The summed E-state index contributed by atoms with van der Waals surface area (Å²) in [4.78, 5) is 8.77. The Morgan fingerprint density at radius 2 is 1.76 bits per heavy atom. The Bertz CT molecular complexity index is 603. The van der Waals surface area contributed by atoms with E-state index in [9.17, 15) is 0 Å². The molecule has 3 aromatic rings. The Morgan fingerprint density at radius 1 is 0.882 bits per heavy atom. The third-order valence-corrected chi connectivity index (χ3v) is 3.15. The minimum absolute atomic E-state index is 0.939. The van der Waals surface area contributed by atoms with Crippen LogP contribution >= 0.6 is 11.3 Å². The van der Waals surface area contributed by atoms with Gasteiger partial charge in [-0.1, -0.05) is 36.4 Å². The molecule has 0 N–H and O–H groups in total. The molecule has 2 aromatic heterocycles. The van der Waals surface area contributed by atoms with E-state index >= 15 is 0 Å². The zero-order chi connectivity index (χ0) is 11.5. The van der Waals surface area contributed by atoms with Gasteiger partial charge in [-0.05, 0) is 11.6 Å². The van der Waals surface area contributed by atoms with Crippen molar-refractivity contribution in [1.82, 2.24) is 9.97 Å². The number of hydrogen-bond donors (Lipinski definition) is 0. The molecule has 0 aliphatic carbocycles. The Labute approximate surface area is 104 Å². The monoisotopic (exact) mass is 238 g/mol. The first-order valence-corrected chi connectivity index (χ1v) is 6.28. The predicted molar refractivity (Wildman–Crippen MR) is 70.8 cm³/mol. The third-order valence-electron chi connectivity index (χ3n) is 2.57. The summed E-state index contributed by atoms with van der Waals surface area (Å²) in [5.74, 6) is 0. The van der Waals surface area contributed by atoms with Gasteiger partial charge in [-0.25, -0.2) is 4.98 Å². The average molecular weight is 238 g/mol. The van der Waals surface area contributed by atoms with Crippen molar-refractivity contribution in [1.29, 1.82) is 0 Å². The lowest BCUT2D eigenvalue weighted by molar-refractivity contribution is 1.28. The molecular weight excluding hydrogens is 228 g/mol. The zero-order valence-corrected chi connectivity index (χ0v) is 9.89. The van der Waals surface area contributed by atoms with Crippen molar-refractivity contribution in [3.63, 3.8) is 0 Å². The SMILES string of the molecule is c1ccc(-c2cccnc2-c2cscn2)cc1. The molecule has 0 radical (unpaired) electrons. The van der Waals surface area contributed by atoms with E-state index in [-0.39, 0.29) is 0 Å². The highest BCUT2D eigenvalue weighted by molar-refractivity contribution is 7.07. The fourth-order valence-corrected chi connectivity index (χ4v) is 2.33. The maximum atomic E-state index is 4.44. The normalized spacial score (nSPS) is 10.4. The van der Waals surface area contributed by atoms with E-state index < -0.39 is 0 Å². The molecule has 3 rings (SSSR count). The van der Waals surface area contributed by atoms with Crippen LogP contribution in [0.4, 0.5) is 0 Å². The second-order valence-electron chi connectivity index (χ2n) is 3.64. The molecule has 0 aliphatic heterocycles. The zero-order valence-electron chi connectivity index (χ0n) is 9.08. The quantitative estimate of drug-likeness (QED) is 0.677. The summed E-state index contributed by atoms with van der Waals surface area (Å²) in [6.07, 6.45) is 1.81. The Hall–Kier alpha value is -2.00. The minimum Gasteiger partial charge on any atom is -0.254 e. The number of benzene rings is 1. The number of hydrogen-bond acceptors (Lipinski definition) is 3. The molecule has 0 spiro atoms. The third kappa shape index (κ3) is 1.97. The van der Waals surface area contributed by atoms with Crippen molar-refractivity contribution in [3.8, 4) is 22.5 Å². The van der Waals surface area contributed by atoms with Crippen molar-refractivity contribution in [3.05, 3.63) is 59.6 Å². The Morgan fingerprint density at radius 3 is 2.53 bits per heavy atom. The maximum absolute atomic E-state index is 4.44. The highest BCUT2D eigenvalue weighted by Crippen LogP contribution is 2.29. The summed E-state index contributed by atoms with van der Waals surface area (Å²) >= 11 is 1.59. The van der Waals surface area contributed by atoms with Gasteiger partial charge < -0.3 is 0 Å². The summed E-state index contributed by atoms with van der Waals surface area (Å²) in [5, 5.41) is 2.02. The van der Waals surface area contributed by atoms with E-state index in [1.165, 1.54) is 5.56 Å². The smallest absolute Gasteiger partial charge is 0.100 e. The second kappa shape index (κ2) is 4.47. The fraction of sp³-hybridized carbons (Fsp3) is 0. The van der Waals surface area contributed by atoms with Crippen LogP contribution < -0.4 is 0 Å². The molecule has 1 aromatic carbocycles. The van der Waals surface area contributed by atoms with E-state index in [4.69, 9.17) is 0 Å². The first kappa shape index (κ1) is 10.2. The van der Waals surface area contributed by atoms with Gasteiger partial charge in [0.2, 0.25) is 0 Å². The molecule has 3 heteroatoms. The van der Waals surface area contributed by atoms with Crippen LogP contribution in [-0.4, -0.2) is 9.97 Å². The van der Waals surface area contributed by atoms with Gasteiger partial charge in [0, 0.05) is 17.1 Å². The van der Waals surface area contributed by atoms with Gasteiger partial charge in [0.25, 0.3) is 0 Å². The molecule has 0 saturated heterocycles. The molecule has 0 aliphatic rings. The van der Waals surface area contributed by atoms with E-state index in [0.29, 0.717) is 0 Å². The lowest BCUT2D eigenvalue weighted by atomic mass is 10.0. The van der Waals surface area contributed by atoms with Gasteiger partial charge in [0.15, 0.2) is 0 Å². The summed E-state index contributed by atoms with van der Waals surface area (Å²) < 4.78 is 0. The van der Waals surface area contributed by atoms with E-state index in [2.05, 4.69) is 28.2 Å². The maximum Gasteiger partial charge on any atom is 0.100 e. The second-order valence-corrected chi connectivity index (χ2v) is 4.36. The number of aromatic nitrogens is 2. The molecule has 17 heavy (non-hydrogen) atoms. The minimum atomic E-state index is 0.939. The summed E-state index contributed by atoms with van der Waals surface area (Å²) in [7, 11) is 0. The lowest BCUT2D eigenvalue weighted by Crippen LogP contribution is -1.88. The molecule has 0 fully saturated rings. The largest absolute Gasteiger partial charge is 0.254 e. The molecule has 2 nitrogen and oxygen atoms in total. The number of pyridine rings is 1. The van der Waals surface area contributed by atoms with Crippen LogP contribution in [0.3, 0.4) is 0 Å². The topological polar surface area (TPSA) is 25.8 Å². The lowest BCUT2D eigenvalue weighted by Gasteiger charge is -2.06. The first-order chi connectivity index (χ1) is 8.45. The van der Waals surface area contributed by atoms with Crippen LogP contribution in [0.5, 0.6) is 0 Å². The van der Waals surface area contributed by atoms with Gasteiger partial charge >= 0.3 is 0 Å². The van der Waals surface area contributed by atoms with Crippen molar-refractivity contribution in [2.75, 3.05) is 0 Å². The van der Waals surface area contributed by atoms with E-state index in [1.54, 1.807) is 17.5 Å². The molecule has 0 atom stereocenters. The van der Waals surface area contributed by atoms with Crippen molar-refractivity contribution < 1.29 is 0 Å². The molecule has 0 amide bonds. The summed E-state index contributed by atoms with van der Waals surface area (Å²) in [5.41, 5.74) is 6.01. The Kier molecular flexibility index (Phi) is 2.68. The average Bonchev–Trinajstić information content (AvgIpc) is 2.94. The molecular formula is C14H10N2S. The van der Waals surface area contributed by atoms with Crippen LogP contribution in [0, 0.1) is 0 Å². The fourth-order valence-electron chi connectivity index (χ4n) is 1.79. The van der Waals surface area contributed by atoms with Gasteiger partial charge in [0.1, 0.15) is 5.69 Å². The number of rotatable bonds is 2. The van der Waals surface area contributed by atoms with Crippen LogP contribution in [0.1, 0.15) is 0 Å². The van der Waals surface area contributed by atoms with Gasteiger partial charge in [-0.2, -0.15) is 0 Å². The van der Waals surface area contributed by atoms with Crippen LogP contribution in [0.2, 0.25) is 0 Å². The molecule has 0 unspecified atom stereocenters. The standard InChI is InChI=1S/C14H10N2S/c1-2-5-11(6-3-1)12-7-4-8-15-14(12)13-9-17-10-16-13/h1-10H. The first-order valence-electron chi connectivity index (χ1n) is 5.34. The highest BCUT2D eigenvalue weighted by atomic mass is 32.1.